The third-order valence-electron chi connectivity index (χ3n) is 1.74. The number of ether oxygens (including phenoxy) is 2. The van der Waals surface area contributed by atoms with Crippen LogP contribution in [0.4, 0.5) is 4.79 Å². The lowest BCUT2D eigenvalue weighted by Gasteiger charge is -2.11. The Balaban J connectivity index is 3.79. The van der Waals surface area contributed by atoms with Crippen LogP contribution in [0.3, 0.4) is 0 Å². The van der Waals surface area contributed by atoms with Crippen LogP contribution in [0.2, 0.25) is 0 Å². The Kier molecular flexibility index (Phi) is 7.99. The molecule has 0 spiro atoms. The van der Waals surface area contributed by atoms with Gasteiger partial charge >= 0.3 is 18.0 Å². The maximum absolute atomic E-state index is 11.2. The first kappa shape index (κ1) is 16.9. The molecule has 0 aromatic carbocycles. The van der Waals surface area contributed by atoms with Gasteiger partial charge in [0.05, 0.1) is 12.6 Å². The van der Waals surface area contributed by atoms with Gasteiger partial charge < -0.3 is 19.7 Å². The van der Waals surface area contributed by atoms with Gasteiger partial charge in [-0.05, 0) is 13.8 Å². The highest BCUT2D eigenvalue weighted by atomic mass is 16.5. The van der Waals surface area contributed by atoms with Crippen LogP contribution >= 0.6 is 0 Å². The van der Waals surface area contributed by atoms with Crippen molar-refractivity contribution in [2.75, 3.05) is 27.2 Å². The molecule has 0 bridgehead atoms. The molecular formula is C12H20N2O5. The lowest BCUT2D eigenvalue weighted by atomic mass is 10.4. The molecule has 7 nitrogen and oxygen atoms in total. The Morgan fingerprint density at radius 3 is 2.26 bits per heavy atom. The van der Waals surface area contributed by atoms with E-state index >= 15 is 0 Å². The number of esters is 2. The first-order valence-corrected chi connectivity index (χ1v) is 5.83. The second-order valence-corrected chi connectivity index (χ2v) is 4.11. The Labute approximate surface area is 112 Å². The van der Waals surface area contributed by atoms with Crippen LogP contribution in [-0.2, 0) is 19.1 Å². The zero-order valence-corrected chi connectivity index (χ0v) is 11.6. The van der Waals surface area contributed by atoms with E-state index in [2.05, 4.69) is 5.32 Å². The molecule has 1 N–H and O–H groups in total. The van der Waals surface area contributed by atoms with Gasteiger partial charge in [-0.1, -0.05) is 0 Å². The van der Waals surface area contributed by atoms with Crippen molar-refractivity contribution in [1.29, 1.82) is 0 Å². The highest BCUT2D eigenvalue weighted by Gasteiger charge is 2.04. The van der Waals surface area contributed by atoms with E-state index in [1.807, 2.05) is 0 Å². The summed E-state index contributed by atoms with van der Waals surface area (Å²) < 4.78 is 9.55. The number of urea groups is 1. The molecule has 0 aliphatic rings. The van der Waals surface area contributed by atoms with Crippen molar-refractivity contribution < 1.29 is 23.9 Å². The number of carbonyl (C=O) groups excluding carboxylic acids is 3. The summed E-state index contributed by atoms with van der Waals surface area (Å²) in [5.41, 5.74) is 0. The van der Waals surface area contributed by atoms with Crippen molar-refractivity contribution in [3.05, 3.63) is 12.2 Å². The predicted octanol–water partition coefficient (Wildman–Crippen LogP) is 0.309. The van der Waals surface area contributed by atoms with E-state index in [0.29, 0.717) is 0 Å². The largest absolute Gasteiger partial charge is 0.461 e. The minimum atomic E-state index is -0.667. The van der Waals surface area contributed by atoms with Crippen LogP contribution < -0.4 is 5.32 Å². The van der Waals surface area contributed by atoms with Crippen molar-refractivity contribution in [3.8, 4) is 0 Å². The molecule has 0 saturated carbocycles. The standard InChI is InChI=1S/C12H20N2O5/c1-9(2)19-11(16)6-5-10(15)18-8-7-13-12(17)14(3)4/h5-6,9H,7-8H2,1-4H3,(H,13,17)/b6-5+. The molecule has 7 heteroatoms. The monoisotopic (exact) mass is 272 g/mol. The van der Waals surface area contributed by atoms with Crippen LogP contribution in [0, 0.1) is 0 Å². The quantitative estimate of drug-likeness (QED) is 0.427. The molecule has 2 amide bonds. The smallest absolute Gasteiger partial charge is 0.331 e. The van der Waals surface area contributed by atoms with Crippen LogP contribution in [0.5, 0.6) is 0 Å². The fourth-order valence-electron chi connectivity index (χ4n) is 0.923. The number of amides is 2. The van der Waals surface area contributed by atoms with E-state index in [0.717, 1.165) is 12.2 Å². The molecule has 0 heterocycles. The van der Waals surface area contributed by atoms with Gasteiger partial charge in [0.1, 0.15) is 6.61 Å². The van der Waals surface area contributed by atoms with Gasteiger partial charge in [-0.3, -0.25) is 0 Å². The Morgan fingerprint density at radius 2 is 1.74 bits per heavy atom. The molecule has 19 heavy (non-hydrogen) atoms. The lowest BCUT2D eigenvalue weighted by Crippen LogP contribution is -2.36. The second-order valence-electron chi connectivity index (χ2n) is 4.11. The number of rotatable bonds is 6. The van der Waals surface area contributed by atoms with Crippen LogP contribution in [0.1, 0.15) is 13.8 Å². The third kappa shape index (κ3) is 9.63. The van der Waals surface area contributed by atoms with Crippen molar-refractivity contribution >= 4 is 18.0 Å². The summed E-state index contributed by atoms with van der Waals surface area (Å²) in [7, 11) is 3.20. The average molecular weight is 272 g/mol. The average Bonchev–Trinajstić information content (AvgIpc) is 2.30. The lowest BCUT2D eigenvalue weighted by molar-refractivity contribution is -0.142. The minimum Gasteiger partial charge on any atom is -0.461 e. The third-order valence-corrected chi connectivity index (χ3v) is 1.74. The molecule has 0 fully saturated rings. The van der Waals surface area contributed by atoms with Gasteiger partial charge in [-0.2, -0.15) is 0 Å². The predicted molar refractivity (Wildman–Crippen MR) is 68.4 cm³/mol. The summed E-state index contributed by atoms with van der Waals surface area (Å²) in [4.78, 5) is 34.7. The zero-order valence-electron chi connectivity index (χ0n) is 11.6. The summed E-state index contributed by atoms with van der Waals surface area (Å²) in [6.07, 6.45) is 1.74. The van der Waals surface area contributed by atoms with Crippen LogP contribution in [0.15, 0.2) is 12.2 Å². The first-order chi connectivity index (χ1) is 8.82. The number of hydrogen-bond acceptors (Lipinski definition) is 5. The number of carbonyl (C=O) groups is 3. The maximum atomic E-state index is 11.2. The van der Waals surface area contributed by atoms with E-state index in [4.69, 9.17) is 9.47 Å². The second kappa shape index (κ2) is 8.96. The van der Waals surface area contributed by atoms with Crippen molar-refractivity contribution in [1.82, 2.24) is 10.2 Å². The highest BCUT2D eigenvalue weighted by molar-refractivity contribution is 5.91. The summed E-state index contributed by atoms with van der Waals surface area (Å²) in [5.74, 6) is -1.27. The van der Waals surface area contributed by atoms with Crippen molar-refractivity contribution in [2.24, 2.45) is 0 Å². The highest BCUT2D eigenvalue weighted by Crippen LogP contribution is 1.91. The van der Waals surface area contributed by atoms with Crippen molar-refractivity contribution in [3.63, 3.8) is 0 Å². The molecule has 0 aliphatic heterocycles. The molecule has 0 aliphatic carbocycles. The molecule has 0 saturated heterocycles. The van der Waals surface area contributed by atoms with Gasteiger partial charge in [-0.15, -0.1) is 0 Å². The molecular weight excluding hydrogens is 252 g/mol. The Morgan fingerprint density at radius 1 is 1.16 bits per heavy atom. The van der Waals surface area contributed by atoms with Crippen LogP contribution in [-0.4, -0.2) is 56.2 Å². The van der Waals surface area contributed by atoms with Gasteiger partial charge in [0.25, 0.3) is 0 Å². The van der Waals surface area contributed by atoms with Crippen LogP contribution in [0.25, 0.3) is 0 Å². The van der Waals surface area contributed by atoms with E-state index in [9.17, 15) is 14.4 Å². The zero-order chi connectivity index (χ0) is 14.8. The van der Waals surface area contributed by atoms with Gasteiger partial charge in [0.2, 0.25) is 0 Å². The topological polar surface area (TPSA) is 84.9 Å². The number of nitrogens with one attached hydrogen (secondary N) is 1. The Bertz CT molecular complexity index is 350. The van der Waals surface area contributed by atoms with E-state index in [-0.39, 0.29) is 25.3 Å². The molecule has 0 aromatic heterocycles. The molecule has 0 radical (unpaired) electrons. The number of nitrogens with zero attached hydrogens (tertiary/aromatic N) is 1. The Hall–Kier alpha value is -2.05. The van der Waals surface area contributed by atoms with E-state index in [1.165, 1.54) is 4.90 Å². The number of hydrogen-bond donors (Lipinski definition) is 1. The fraction of sp³-hybridized carbons (Fsp3) is 0.583. The first-order valence-electron chi connectivity index (χ1n) is 5.83. The normalized spacial score (nSPS) is 10.4. The summed E-state index contributed by atoms with van der Waals surface area (Å²) in [6, 6.07) is -0.271. The molecule has 108 valence electrons. The van der Waals surface area contributed by atoms with Gasteiger partial charge in [0.15, 0.2) is 0 Å². The molecule has 0 aromatic rings. The van der Waals surface area contributed by atoms with E-state index in [1.54, 1.807) is 27.9 Å². The summed E-state index contributed by atoms with van der Waals surface area (Å²) >= 11 is 0. The van der Waals surface area contributed by atoms with Gasteiger partial charge in [0, 0.05) is 26.2 Å². The van der Waals surface area contributed by atoms with Crippen molar-refractivity contribution in [2.45, 2.75) is 20.0 Å². The molecule has 0 rings (SSSR count). The van der Waals surface area contributed by atoms with Gasteiger partial charge in [-0.25, -0.2) is 14.4 Å². The molecule has 0 unspecified atom stereocenters. The van der Waals surface area contributed by atoms with E-state index < -0.39 is 11.9 Å². The minimum absolute atomic E-state index is 0.0297. The summed E-state index contributed by atoms with van der Waals surface area (Å²) in [5, 5.41) is 2.52. The SMILES string of the molecule is CC(C)OC(=O)/C=C/C(=O)OCCNC(=O)N(C)C. The molecule has 0 atom stereocenters. The maximum Gasteiger partial charge on any atom is 0.331 e. The summed E-state index contributed by atoms with van der Waals surface area (Å²) in [6.45, 7) is 3.64. The fourth-order valence-corrected chi connectivity index (χ4v) is 0.923.